The third-order valence-electron chi connectivity index (χ3n) is 5.77. The van der Waals surface area contributed by atoms with Crippen LogP contribution in [0.15, 0.2) is 42.9 Å². The fourth-order valence-electron chi connectivity index (χ4n) is 4.09. The van der Waals surface area contributed by atoms with E-state index in [-0.39, 0.29) is 6.61 Å². The Morgan fingerprint density at radius 2 is 2.00 bits per heavy atom. The Hall–Kier alpha value is -3.47. The highest BCUT2D eigenvalue weighted by atomic mass is 16.6. The molecule has 4 heterocycles. The molecule has 3 aromatic heterocycles. The molecule has 0 unspecified atom stereocenters. The molecule has 0 aliphatic carbocycles. The van der Waals surface area contributed by atoms with Crippen molar-refractivity contribution in [2.45, 2.75) is 31.5 Å². The third-order valence-corrected chi connectivity index (χ3v) is 5.77. The van der Waals surface area contributed by atoms with E-state index in [9.17, 15) is 10.2 Å². The van der Waals surface area contributed by atoms with Crippen LogP contribution in [-0.2, 0) is 4.74 Å². The number of hydrogen-bond donors (Lipinski definition) is 4. The average Bonchev–Trinajstić information content (AvgIpc) is 3.28. The average molecular weight is 436 g/mol. The van der Waals surface area contributed by atoms with Gasteiger partial charge in [-0.2, -0.15) is 0 Å². The molecule has 1 fully saturated rings. The Kier molecular flexibility index (Phi) is 5.04. The van der Waals surface area contributed by atoms with E-state index in [4.69, 9.17) is 15.2 Å². The number of pyridine rings is 1. The molecule has 0 radical (unpaired) electrons. The van der Waals surface area contributed by atoms with E-state index in [1.807, 2.05) is 44.3 Å². The number of benzene rings is 1. The number of ether oxygens (including phenoxy) is 2. The van der Waals surface area contributed by atoms with E-state index in [1.165, 1.54) is 6.33 Å². The van der Waals surface area contributed by atoms with Crippen molar-refractivity contribution >= 4 is 33.6 Å². The number of fused-ring (bicyclic) bond motifs is 2. The third kappa shape index (κ3) is 3.38. The predicted molar refractivity (Wildman–Crippen MR) is 119 cm³/mol. The van der Waals surface area contributed by atoms with Gasteiger partial charge >= 0.3 is 0 Å². The van der Waals surface area contributed by atoms with Crippen LogP contribution in [0.5, 0.6) is 5.75 Å². The van der Waals surface area contributed by atoms with Crippen LogP contribution in [0.1, 0.15) is 11.8 Å². The minimum absolute atomic E-state index is 0.0568. The van der Waals surface area contributed by atoms with Crippen molar-refractivity contribution in [1.82, 2.24) is 19.5 Å². The summed E-state index contributed by atoms with van der Waals surface area (Å²) in [5.41, 5.74) is 8.16. The fraction of sp³-hybridized carbons (Fsp3) is 0.318. The second-order valence-electron chi connectivity index (χ2n) is 7.84. The van der Waals surface area contributed by atoms with Gasteiger partial charge in [0.2, 0.25) is 0 Å². The summed E-state index contributed by atoms with van der Waals surface area (Å²) in [5.74, 6) is 1.70. The second kappa shape index (κ2) is 7.90. The summed E-state index contributed by atoms with van der Waals surface area (Å²) >= 11 is 0. The van der Waals surface area contributed by atoms with Gasteiger partial charge in [-0.25, -0.2) is 15.0 Å². The number of aromatic nitrogens is 4. The van der Waals surface area contributed by atoms with E-state index >= 15 is 0 Å². The first-order chi connectivity index (χ1) is 15.5. The summed E-state index contributed by atoms with van der Waals surface area (Å²) in [6.45, 7) is 1.94. The minimum Gasteiger partial charge on any atom is -0.491 e. The monoisotopic (exact) mass is 436 g/mol. The molecule has 166 valence electrons. The highest BCUT2D eigenvalue weighted by Gasteiger charge is 2.44. The fourth-order valence-corrected chi connectivity index (χ4v) is 4.09. The standard InChI is InChI=1S/C22H24N6O4/c1-11-8-28(21-17(11)20(23)25-10-26-21)22-19(30)18(29)15(32-22)9-31-13-5-3-12-4-6-16(24-2)27-14(12)7-13/h3-8,10,15,18-19,22,29-30H,9H2,1-2H3,(H,24,27)(H2,23,25,26)/t15-,18-,19-,22-/m1/s1. The second-order valence-corrected chi connectivity index (χ2v) is 7.84. The van der Waals surface area contributed by atoms with Crippen molar-refractivity contribution < 1.29 is 19.7 Å². The highest BCUT2D eigenvalue weighted by molar-refractivity contribution is 5.89. The van der Waals surface area contributed by atoms with Gasteiger partial charge in [-0.1, -0.05) is 0 Å². The van der Waals surface area contributed by atoms with Gasteiger partial charge in [0.25, 0.3) is 0 Å². The van der Waals surface area contributed by atoms with Gasteiger partial charge in [0.15, 0.2) is 6.23 Å². The van der Waals surface area contributed by atoms with Gasteiger partial charge in [0, 0.05) is 24.7 Å². The van der Waals surface area contributed by atoms with Gasteiger partial charge < -0.3 is 35.3 Å². The molecule has 10 nitrogen and oxygen atoms in total. The Morgan fingerprint density at radius 3 is 2.81 bits per heavy atom. The molecule has 4 atom stereocenters. The number of nitrogens with two attached hydrogens (primary N) is 1. The Morgan fingerprint density at radius 1 is 1.19 bits per heavy atom. The Labute approximate surface area is 183 Å². The zero-order valence-electron chi connectivity index (χ0n) is 17.6. The first-order valence-corrected chi connectivity index (χ1v) is 10.3. The van der Waals surface area contributed by atoms with Crippen LogP contribution in [0.2, 0.25) is 0 Å². The van der Waals surface area contributed by atoms with E-state index in [1.54, 1.807) is 10.8 Å². The number of rotatable bonds is 5. The molecule has 4 aromatic rings. The van der Waals surface area contributed by atoms with Gasteiger partial charge in [0.05, 0.1) is 10.9 Å². The molecule has 0 amide bonds. The smallest absolute Gasteiger partial charge is 0.164 e. The minimum atomic E-state index is -1.16. The number of nitrogens with zero attached hydrogens (tertiary/aromatic N) is 4. The van der Waals surface area contributed by atoms with Crippen molar-refractivity contribution in [2.24, 2.45) is 0 Å². The lowest BCUT2D eigenvalue weighted by Crippen LogP contribution is -2.34. The maximum atomic E-state index is 10.7. The van der Waals surface area contributed by atoms with Gasteiger partial charge in [0.1, 0.15) is 54.3 Å². The quantitative estimate of drug-likeness (QED) is 0.367. The Balaban J connectivity index is 1.35. The number of aliphatic hydroxyl groups excluding tert-OH is 2. The van der Waals surface area contributed by atoms with E-state index in [0.29, 0.717) is 22.6 Å². The number of aryl methyl sites for hydroxylation is 1. The lowest BCUT2D eigenvalue weighted by molar-refractivity contribution is -0.0472. The van der Waals surface area contributed by atoms with Crippen molar-refractivity contribution in [3.63, 3.8) is 0 Å². The predicted octanol–water partition coefficient (Wildman–Crippen LogP) is 1.61. The largest absolute Gasteiger partial charge is 0.491 e. The highest BCUT2D eigenvalue weighted by Crippen LogP contribution is 2.34. The van der Waals surface area contributed by atoms with Crippen molar-refractivity contribution in [3.8, 4) is 5.75 Å². The summed E-state index contributed by atoms with van der Waals surface area (Å²) < 4.78 is 13.5. The molecule has 1 aromatic carbocycles. The summed E-state index contributed by atoms with van der Waals surface area (Å²) in [4.78, 5) is 12.8. The normalized spacial score (nSPS) is 23.1. The van der Waals surface area contributed by atoms with Gasteiger partial charge in [-0.05, 0) is 36.8 Å². The lowest BCUT2D eigenvalue weighted by atomic mass is 10.1. The summed E-state index contributed by atoms with van der Waals surface area (Å²) in [6, 6.07) is 9.45. The van der Waals surface area contributed by atoms with E-state index < -0.39 is 24.5 Å². The molecule has 0 spiro atoms. The summed E-state index contributed by atoms with van der Waals surface area (Å²) in [7, 11) is 1.81. The molecular weight excluding hydrogens is 412 g/mol. The van der Waals surface area contributed by atoms with Crippen molar-refractivity contribution in [3.05, 3.63) is 48.4 Å². The molecular formula is C22H24N6O4. The maximum absolute atomic E-state index is 10.7. The number of anilines is 2. The first-order valence-electron chi connectivity index (χ1n) is 10.3. The van der Waals surface area contributed by atoms with Crippen LogP contribution in [-0.4, -0.2) is 61.7 Å². The molecule has 1 aliphatic heterocycles. The zero-order valence-corrected chi connectivity index (χ0v) is 17.6. The Bertz CT molecular complexity index is 1290. The van der Waals surface area contributed by atoms with Crippen LogP contribution in [0.4, 0.5) is 11.6 Å². The first kappa shape index (κ1) is 20.4. The van der Waals surface area contributed by atoms with Crippen LogP contribution in [0.3, 0.4) is 0 Å². The molecule has 1 aliphatic rings. The lowest BCUT2D eigenvalue weighted by Gasteiger charge is -2.17. The number of hydrogen-bond acceptors (Lipinski definition) is 9. The van der Waals surface area contributed by atoms with Crippen LogP contribution in [0.25, 0.3) is 21.9 Å². The number of aliphatic hydroxyl groups is 2. The number of nitrogen functional groups attached to an aromatic ring is 1. The molecule has 0 bridgehead atoms. The van der Waals surface area contributed by atoms with Crippen molar-refractivity contribution in [2.75, 3.05) is 24.7 Å². The molecule has 1 saturated heterocycles. The van der Waals surface area contributed by atoms with Crippen LogP contribution >= 0.6 is 0 Å². The topological polar surface area (TPSA) is 141 Å². The van der Waals surface area contributed by atoms with E-state index in [2.05, 4.69) is 20.3 Å². The molecule has 0 saturated carbocycles. The summed E-state index contributed by atoms with van der Waals surface area (Å²) in [6.07, 6.45) is -0.718. The molecule has 5 rings (SSSR count). The molecule has 10 heteroatoms. The molecule has 32 heavy (non-hydrogen) atoms. The SMILES string of the molecule is CNc1ccc2ccc(OC[C@H]3O[C@@H](n4cc(C)c5c(N)ncnc54)[C@H](O)[C@@H]3O)cc2n1. The van der Waals surface area contributed by atoms with Crippen LogP contribution < -0.4 is 15.8 Å². The van der Waals surface area contributed by atoms with Gasteiger partial charge in [-0.3, -0.25) is 0 Å². The van der Waals surface area contributed by atoms with Crippen LogP contribution in [0, 0.1) is 6.92 Å². The van der Waals surface area contributed by atoms with Crippen molar-refractivity contribution in [1.29, 1.82) is 0 Å². The molecule has 5 N–H and O–H groups in total. The number of nitrogens with one attached hydrogen (secondary N) is 1. The van der Waals surface area contributed by atoms with E-state index in [0.717, 1.165) is 22.3 Å². The maximum Gasteiger partial charge on any atom is 0.164 e. The van der Waals surface area contributed by atoms with Gasteiger partial charge in [-0.15, -0.1) is 0 Å². The summed E-state index contributed by atoms with van der Waals surface area (Å²) in [5, 5.41) is 26.0. The zero-order chi connectivity index (χ0) is 22.4.